The van der Waals surface area contributed by atoms with Crippen LogP contribution in [-0.4, -0.2) is 46.4 Å². The van der Waals surface area contributed by atoms with E-state index < -0.39 is 12.0 Å². The summed E-state index contributed by atoms with van der Waals surface area (Å²) in [5.41, 5.74) is -0.252. The van der Waals surface area contributed by atoms with Crippen LogP contribution in [0.15, 0.2) is 17.2 Å². The van der Waals surface area contributed by atoms with Crippen LogP contribution in [-0.2, 0) is 16.1 Å². The summed E-state index contributed by atoms with van der Waals surface area (Å²) < 4.78 is 6.78. The average Bonchev–Trinajstić information content (AvgIpc) is 2.85. The molecule has 2 rings (SSSR count). The number of carbonyl (C=O) groups is 1. The monoisotopic (exact) mass is 281 g/mol. The highest BCUT2D eigenvalue weighted by molar-refractivity contribution is 5.78. The Balaban J connectivity index is 2.36. The molecule has 2 heterocycles. The third-order valence-corrected chi connectivity index (χ3v) is 3.51. The summed E-state index contributed by atoms with van der Waals surface area (Å²) in [5.74, 6) is -0.774. The first-order chi connectivity index (χ1) is 9.58. The molecule has 1 aliphatic rings. The molecule has 1 N–H and O–H groups in total. The maximum Gasteiger partial charge on any atom is 0.326 e. The third-order valence-electron chi connectivity index (χ3n) is 3.51. The minimum Gasteiger partial charge on any atom is -0.480 e. The van der Waals surface area contributed by atoms with Crippen LogP contribution in [0.3, 0.4) is 0 Å². The number of hydrogen-bond acceptors (Lipinski definition) is 5. The number of methoxy groups -OCH3 is 1. The van der Waals surface area contributed by atoms with Crippen LogP contribution in [0.25, 0.3) is 0 Å². The summed E-state index contributed by atoms with van der Waals surface area (Å²) in [6.07, 6.45) is 4.14. The van der Waals surface area contributed by atoms with Crippen LogP contribution in [0.5, 0.6) is 0 Å². The number of rotatable bonds is 5. The zero-order valence-electron chi connectivity index (χ0n) is 11.7. The van der Waals surface area contributed by atoms with Crippen molar-refractivity contribution in [2.75, 3.05) is 18.6 Å². The van der Waals surface area contributed by atoms with Crippen molar-refractivity contribution >= 4 is 11.8 Å². The Morgan fingerprint density at radius 3 is 2.95 bits per heavy atom. The van der Waals surface area contributed by atoms with E-state index in [1.165, 1.54) is 11.1 Å². The van der Waals surface area contributed by atoms with Gasteiger partial charge in [0, 0.05) is 39.0 Å². The lowest BCUT2D eigenvalue weighted by Crippen LogP contribution is -2.41. The Morgan fingerprint density at radius 1 is 1.60 bits per heavy atom. The number of carboxylic acid groups (broad SMARTS) is 1. The summed E-state index contributed by atoms with van der Waals surface area (Å²) in [4.78, 5) is 29.3. The van der Waals surface area contributed by atoms with Crippen molar-refractivity contribution in [2.45, 2.75) is 38.5 Å². The predicted molar refractivity (Wildman–Crippen MR) is 73.0 cm³/mol. The van der Waals surface area contributed by atoms with Crippen LogP contribution in [0.2, 0.25) is 0 Å². The van der Waals surface area contributed by atoms with Crippen molar-refractivity contribution in [3.8, 4) is 0 Å². The molecule has 0 aliphatic carbocycles. The second-order valence-corrected chi connectivity index (χ2v) is 4.85. The van der Waals surface area contributed by atoms with E-state index in [1.807, 2.05) is 6.92 Å². The lowest BCUT2D eigenvalue weighted by atomic mass is 10.2. The highest BCUT2D eigenvalue weighted by atomic mass is 16.5. The van der Waals surface area contributed by atoms with E-state index in [9.17, 15) is 14.7 Å². The first-order valence-corrected chi connectivity index (χ1v) is 6.66. The zero-order valence-corrected chi connectivity index (χ0v) is 11.7. The van der Waals surface area contributed by atoms with Gasteiger partial charge in [0.1, 0.15) is 6.04 Å². The summed E-state index contributed by atoms with van der Waals surface area (Å²) in [5, 5.41) is 9.29. The molecule has 1 aromatic heterocycles. The van der Waals surface area contributed by atoms with Gasteiger partial charge in [-0.3, -0.25) is 4.79 Å². The van der Waals surface area contributed by atoms with Crippen LogP contribution < -0.4 is 10.5 Å². The fourth-order valence-electron chi connectivity index (χ4n) is 2.49. The lowest BCUT2D eigenvalue weighted by molar-refractivity contribution is -0.138. The number of aromatic nitrogens is 2. The maximum atomic E-state index is 12.3. The molecule has 2 atom stereocenters. The Morgan fingerprint density at radius 2 is 2.35 bits per heavy atom. The normalized spacial score (nSPS) is 22.2. The number of nitrogens with zero attached hydrogens (tertiary/aromatic N) is 3. The second-order valence-electron chi connectivity index (χ2n) is 4.85. The highest BCUT2D eigenvalue weighted by Gasteiger charge is 2.39. The van der Waals surface area contributed by atoms with Gasteiger partial charge in [-0.15, -0.1) is 0 Å². The van der Waals surface area contributed by atoms with E-state index in [-0.39, 0.29) is 17.5 Å². The number of anilines is 1. The lowest BCUT2D eigenvalue weighted by Gasteiger charge is -2.22. The van der Waals surface area contributed by atoms with Crippen LogP contribution in [0.4, 0.5) is 5.82 Å². The molecule has 0 spiro atoms. The number of hydrogen-bond donors (Lipinski definition) is 1. The van der Waals surface area contributed by atoms with Crippen LogP contribution in [0.1, 0.15) is 19.8 Å². The topological polar surface area (TPSA) is 84.7 Å². The molecule has 1 saturated heterocycles. The van der Waals surface area contributed by atoms with Gasteiger partial charge in [-0.25, -0.2) is 9.78 Å². The van der Waals surface area contributed by atoms with Crippen molar-refractivity contribution in [1.29, 1.82) is 0 Å². The second kappa shape index (κ2) is 6.04. The van der Waals surface area contributed by atoms with E-state index in [0.717, 1.165) is 6.42 Å². The van der Waals surface area contributed by atoms with Gasteiger partial charge in [-0.05, 0) is 6.42 Å². The Hall–Kier alpha value is -1.89. The minimum atomic E-state index is -0.961. The molecule has 0 bridgehead atoms. The molecular weight excluding hydrogens is 262 g/mol. The molecule has 0 aromatic carbocycles. The van der Waals surface area contributed by atoms with Crippen molar-refractivity contribution in [3.63, 3.8) is 0 Å². The summed E-state index contributed by atoms with van der Waals surface area (Å²) >= 11 is 0. The zero-order chi connectivity index (χ0) is 14.7. The molecule has 2 unspecified atom stereocenters. The van der Waals surface area contributed by atoms with E-state index in [2.05, 4.69) is 4.98 Å². The first kappa shape index (κ1) is 14.5. The van der Waals surface area contributed by atoms with Crippen molar-refractivity contribution < 1.29 is 14.6 Å². The fourth-order valence-corrected chi connectivity index (χ4v) is 2.49. The largest absolute Gasteiger partial charge is 0.480 e. The smallest absolute Gasteiger partial charge is 0.326 e. The molecule has 0 amide bonds. The summed E-state index contributed by atoms with van der Waals surface area (Å²) in [6.45, 7) is 2.93. The molecule has 20 heavy (non-hydrogen) atoms. The minimum absolute atomic E-state index is 0.188. The van der Waals surface area contributed by atoms with Crippen molar-refractivity contribution in [1.82, 2.24) is 9.55 Å². The summed E-state index contributed by atoms with van der Waals surface area (Å²) in [7, 11) is 1.54. The predicted octanol–water partition coefficient (Wildman–Crippen LogP) is 0.332. The molecule has 1 aromatic rings. The van der Waals surface area contributed by atoms with Gasteiger partial charge < -0.3 is 19.3 Å². The first-order valence-electron chi connectivity index (χ1n) is 6.66. The van der Waals surface area contributed by atoms with Crippen molar-refractivity contribution in [3.05, 3.63) is 22.7 Å². The van der Waals surface area contributed by atoms with E-state index >= 15 is 0 Å². The maximum absolute atomic E-state index is 12.3. The van der Waals surface area contributed by atoms with Gasteiger partial charge in [0.15, 0.2) is 5.82 Å². The summed E-state index contributed by atoms with van der Waals surface area (Å²) in [6, 6.07) is -0.766. The molecular formula is C13H19N3O4. The number of carboxylic acids is 1. The molecule has 0 saturated carbocycles. The number of aryl methyl sites for hydroxylation is 1. The van der Waals surface area contributed by atoms with Gasteiger partial charge >= 0.3 is 5.97 Å². The van der Waals surface area contributed by atoms with Gasteiger partial charge in [-0.2, -0.15) is 0 Å². The Labute approximate surface area is 116 Å². The van der Waals surface area contributed by atoms with Gasteiger partial charge in [-0.1, -0.05) is 6.92 Å². The average molecular weight is 281 g/mol. The molecule has 1 fully saturated rings. The molecule has 7 heteroatoms. The Bertz CT molecular complexity index is 543. The molecule has 0 radical (unpaired) electrons. The van der Waals surface area contributed by atoms with Gasteiger partial charge in [0.2, 0.25) is 0 Å². The quantitative estimate of drug-likeness (QED) is 0.837. The third kappa shape index (κ3) is 2.67. The molecule has 110 valence electrons. The number of ether oxygens (including phenoxy) is 1. The molecule has 7 nitrogen and oxygen atoms in total. The van der Waals surface area contributed by atoms with Crippen molar-refractivity contribution in [2.24, 2.45) is 0 Å². The van der Waals surface area contributed by atoms with Crippen LogP contribution in [0, 0.1) is 0 Å². The standard InChI is InChI=1S/C13H19N3O4/c1-3-5-15-6-4-14-11(12(15)17)16-8-9(20-2)7-10(16)13(18)19/h4,6,9-10H,3,5,7-8H2,1-2H3,(H,18,19). The van der Waals surface area contributed by atoms with Gasteiger partial charge in [0.05, 0.1) is 6.10 Å². The van der Waals surface area contributed by atoms with Crippen LogP contribution >= 0.6 is 0 Å². The SMILES string of the molecule is CCCn1ccnc(N2CC(OC)CC2C(=O)O)c1=O. The van der Waals surface area contributed by atoms with E-state index in [4.69, 9.17) is 4.74 Å². The highest BCUT2D eigenvalue weighted by Crippen LogP contribution is 2.23. The fraction of sp³-hybridized carbons (Fsp3) is 0.615. The van der Waals surface area contributed by atoms with E-state index in [0.29, 0.717) is 19.5 Å². The van der Waals surface area contributed by atoms with E-state index in [1.54, 1.807) is 17.9 Å². The van der Waals surface area contributed by atoms with Gasteiger partial charge in [0.25, 0.3) is 5.56 Å². The molecule has 1 aliphatic heterocycles. The number of aliphatic carboxylic acids is 1. The Kier molecular flexibility index (Phi) is 4.39.